The van der Waals surface area contributed by atoms with Crippen molar-refractivity contribution in [2.24, 2.45) is 0 Å². The second-order valence-electron chi connectivity index (χ2n) is 6.60. The first kappa shape index (κ1) is 20.7. The highest BCUT2D eigenvalue weighted by atomic mass is 32.2. The molecule has 0 saturated heterocycles. The number of sulfonamides is 1. The molecular weight excluding hydrogens is 362 g/mol. The van der Waals surface area contributed by atoms with Crippen molar-refractivity contribution >= 4 is 21.7 Å². The van der Waals surface area contributed by atoms with Crippen LogP contribution in [0.4, 0.5) is 5.69 Å². The molecule has 2 aromatic rings. The van der Waals surface area contributed by atoms with E-state index in [1.54, 1.807) is 24.3 Å². The summed E-state index contributed by atoms with van der Waals surface area (Å²) in [6.07, 6.45) is 3.85. The molecule has 1 N–H and O–H groups in total. The fourth-order valence-electron chi connectivity index (χ4n) is 2.92. The molecule has 2 aromatic carbocycles. The van der Waals surface area contributed by atoms with Gasteiger partial charge in [-0.2, -0.15) is 0 Å². The predicted molar refractivity (Wildman–Crippen MR) is 108 cm³/mol. The standard InChI is InChI=1S/C21H25NO4S/c1-5-6-17(4)19-13-16(3)9-12-20(19)22(14-21(23)24)27(25,26)18-10-7-15(2)8-11-18/h5-13,17H,14H2,1-4H3,(H,23,24)/b6-5+. The van der Waals surface area contributed by atoms with E-state index < -0.39 is 22.5 Å². The van der Waals surface area contributed by atoms with Crippen molar-refractivity contribution in [3.05, 3.63) is 71.3 Å². The van der Waals surface area contributed by atoms with Crippen LogP contribution in [-0.2, 0) is 14.8 Å². The van der Waals surface area contributed by atoms with Crippen LogP contribution in [0.25, 0.3) is 0 Å². The highest BCUT2D eigenvalue weighted by molar-refractivity contribution is 7.92. The van der Waals surface area contributed by atoms with E-state index in [4.69, 9.17) is 0 Å². The summed E-state index contributed by atoms with van der Waals surface area (Å²) >= 11 is 0. The SMILES string of the molecule is C/C=C/C(C)c1cc(C)ccc1N(CC(=O)O)S(=O)(=O)c1ccc(C)cc1. The van der Waals surface area contributed by atoms with E-state index in [-0.39, 0.29) is 10.8 Å². The molecule has 0 aliphatic carbocycles. The third-order valence-corrected chi connectivity index (χ3v) is 6.09. The molecule has 0 aliphatic rings. The van der Waals surface area contributed by atoms with Crippen molar-refractivity contribution < 1.29 is 18.3 Å². The Labute approximate surface area is 161 Å². The van der Waals surface area contributed by atoms with Gasteiger partial charge in [-0.25, -0.2) is 8.42 Å². The number of nitrogens with zero attached hydrogens (tertiary/aromatic N) is 1. The number of aliphatic carboxylic acids is 1. The molecule has 5 nitrogen and oxygen atoms in total. The van der Waals surface area contributed by atoms with E-state index >= 15 is 0 Å². The van der Waals surface area contributed by atoms with E-state index in [0.717, 1.165) is 21.0 Å². The molecule has 0 aromatic heterocycles. The highest BCUT2D eigenvalue weighted by Gasteiger charge is 2.29. The normalized spacial score (nSPS) is 12.9. The number of carbonyl (C=O) groups is 1. The molecule has 0 bridgehead atoms. The predicted octanol–water partition coefficient (Wildman–Crippen LogP) is 4.26. The third-order valence-electron chi connectivity index (χ3n) is 4.31. The molecule has 2 rings (SSSR count). The van der Waals surface area contributed by atoms with Gasteiger partial charge in [0.2, 0.25) is 0 Å². The lowest BCUT2D eigenvalue weighted by molar-refractivity contribution is -0.135. The molecule has 6 heteroatoms. The molecule has 0 spiro atoms. The first-order valence-corrected chi connectivity index (χ1v) is 10.2. The van der Waals surface area contributed by atoms with E-state index in [2.05, 4.69) is 0 Å². The van der Waals surface area contributed by atoms with Gasteiger partial charge < -0.3 is 5.11 Å². The number of aryl methyl sites for hydroxylation is 2. The van der Waals surface area contributed by atoms with Crippen LogP contribution in [0.15, 0.2) is 59.5 Å². The van der Waals surface area contributed by atoms with Crippen LogP contribution in [0.3, 0.4) is 0 Å². The van der Waals surface area contributed by atoms with Crippen molar-refractivity contribution in [1.82, 2.24) is 0 Å². The van der Waals surface area contributed by atoms with Gasteiger partial charge in [0.15, 0.2) is 0 Å². The molecule has 0 saturated carbocycles. The average molecular weight is 388 g/mol. The molecule has 0 aliphatic heterocycles. The second kappa shape index (κ2) is 8.39. The van der Waals surface area contributed by atoms with Crippen molar-refractivity contribution in [1.29, 1.82) is 0 Å². The third kappa shape index (κ3) is 4.77. The van der Waals surface area contributed by atoms with Gasteiger partial charge in [-0.05, 0) is 44.5 Å². The van der Waals surface area contributed by atoms with Gasteiger partial charge >= 0.3 is 5.97 Å². The van der Waals surface area contributed by atoms with Crippen LogP contribution < -0.4 is 4.31 Å². The number of hydrogen-bond acceptors (Lipinski definition) is 3. The van der Waals surface area contributed by atoms with Crippen molar-refractivity contribution in [2.75, 3.05) is 10.8 Å². The fourth-order valence-corrected chi connectivity index (χ4v) is 4.36. The van der Waals surface area contributed by atoms with Crippen molar-refractivity contribution in [3.63, 3.8) is 0 Å². The Hall–Kier alpha value is -2.60. The summed E-state index contributed by atoms with van der Waals surface area (Å²) in [5, 5.41) is 9.37. The lowest BCUT2D eigenvalue weighted by Gasteiger charge is -2.27. The molecule has 0 radical (unpaired) electrons. The maximum atomic E-state index is 13.2. The zero-order valence-corrected chi connectivity index (χ0v) is 16.8. The van der Waals surface area contributed by atoms with E-state index in [0.29, 0.717) is 5.69 Å². The van der Waals surface area contributed by atoms with Crippen LogP contribution in [0.1, 0.15) is 36.5 Å². The fraction of sp³-hybridized carbons (Fsp3) is 0.286. The molecule has 0 heterocycles. The lowest BCUT2D eigenvalue weighted by atomic mass is 9.96. The first-order valence-electron chi connectivity index (χ1n) is 8.71. The minimum atomic E-state index is -4.02. The molecular formula is C21H25NO4S. The topological polar surface area (TPSA) is 74.7 Å². The Balaban J connectivity index is 2.67. The zero-order chi connectivity index (χ0) is 20.2. The summed E-state index contributed by atoms with van der Waals surface area (Å²) in [5.41, 5.74) is 3.06. The van der Waals surface area contributed by atoms with Crippen molar-refractivity contribution in [3.8, 4) is 0 Å². The number of allylic oxidation sites excluding steroid dienone is 2. The summed E-state index contributed by atoms with van der Waals surface area (Å²) in [6.45, 7) is 6.99. The Morgan fingerprint density at radius 2 is 1.70 bits per heavy atom. The Morgan fingerprint density at radius 3 is 2.26 bits per heavy atom. The highest BCUT2D eigenvalue weighted by Crippen LogP contribution is 2.33. The maximum absolute atomic E-state index is 13.2. The number of hydrogen-bond donors (Lipinski definition) is 1. The second-order valence-corrected chi connectivity index (χ2v) is 8.46. The monoisotopic (exact) mass is 387 g/mol. The summed E-state index contributed by atoms with van der Waals surface area (Å²) < 4.78 is 27.5. The van der Waals surface area contributed by atoms with Crippen molar-refractivity contribution in [2.45, 2.75) is 38.5 Å². The molecule has 1 unspecified atom stereocenters. The molecule has 0 fully saturated rings. The minimum absolute atomic E-state index is 0.0607. The van der Waals surface area contributed by atoms with Gasteiger partial charge in [0.25, 0.3) is 10.0 Å². The average Bonchev–Trinajstić information content (AvgIpc) is 2.60. The number of carboxylic acids is 1. The number of anilines is 1. The summed E-state index contributed by atoms with van der Waals surface area (Å²) in [7, 11) is -4.02. The van der Waals surface area contributed by atoms with Crippen LogP contribution >= 0.6 is 0 Å². The Kier molecular flexibility index (Phi) is 6.44. The number of benzene rings is 2. The number of rotatable bonds is 7. The van der Waals surface area contributed by atoms with Gasteiger partial charge in [-0.15, -0.1) is 0 Å². The van der Waals surface area contributed by atoms with Crippen LogP contribution in [0.2, 0.25) is 0 Å². The zero-order valence-electron chi connectivity index (χ0n) is 16.0. The van der Waals surface area contributed by atoms with Gasteiger partial charge in [0.05, 0.1) is 10.6 Å². The van der Waals surface area contributed by atoms with E-state index in [9.17, 15) is 18.3 Å². The van der Waals surface area contributed by atoms with Gasteiger partial charge in [0.1, 0.15) is 6.54 Å². The van der Waals surface area contributed by atoms with Crippen LogP contribution in [0, 0.1) is 13.8 Å². The van der Waals surface area contributed by atoms with Crippen LogP contribution in [-0.4, -0.2) is 26.0 Å². The summed E-state index contributed by atoms with van der Waals surface area (Å²) in [5.74, 6) is -1.27. The van der Waals surface area contributed by atoms with Gasteiger partial charge in [-0.1, -0.05) is 54.5 Å². The van der Waals surface area contributed by atoms with E-state index in [1.165, 1.54) is 12.1 Å². The smallest absolute Gasteiger partial charge is 0.324 e. The quantitative estimate of drug-likeness (QED) is 0.720. The largest absolute Gasteiger partial charge is 0.480 e. The molecule has 144 valence electrons. The summed E-state index contributed by atoms with van der Waals surface area (Å²) in [4.78, 5) is 11.5. The molecule has 27 heavy (non-hydrogen) atoms. The van der Waals surface area contributed by atoms with Gasteiger partial charge in [0, 0.05) is 5.92 Å². The first-order chi connectivity index (χ1) is 12.7. The summed E-state index contributed by atoms with van der Waals surface area (Å²) in [6, 6.07) is 11.8. The minimum Gasteiger partial charge on any atom is -0.480 e. The lowest BCUT2D eigenvalue weighted by Crippen LogP contribution is -2.36. The Bertz CT molecular complexity index is 947. The van der Waals surface area contributed by atoms with Crippen LogP contribution in [0.5, 0.6) is 0 Å². The number of carboxylic acid groups (broad SMARTS) is 1. The maximum Gasteiger partial charge on any atom is 0.324 e. The Morgan fingerprint density at radius 1 is 1.11 bits per heavy atom. The molecule has 0 amide bonds. The van der Waals surface area contributed by atoms with Gasteiger partial charge in [-0.3, -0.25) is 9.10 Å². The molecule has 1 atom stereocenters. The van der Waals surface area contributed by atoms with E-state index in [1.807, 2.05) is 45.9 Å².